The van der Waals surface area contributed by atoms with Crippen molar-refractivity contribution < 1.29 is 18.7 Å². The molecule has 0 aliphatic heterocycles. The first-order valence-electron chi connectivity index (χ1n) is 11.7. The number of nitrogens with zero attached hydrogens (tertiary/aromatic N) is 1. The molecule has 0 spiro atoms. The molecule has 0 bridgehead atoms. The number of carbonyl (C=O) groups excluding carboxylic acids is 1. The Labute approximate surface area is 196 Å². The van der Waals surface area contributed by atoms with E-state index in [2.05, 4.69) is 30.6 Å². The van der Waals surface area contributed by atoms with Crippen molar-refractivity contribution in [2.24, 2.45) is 0 Å². The Balaban J connectivity index is 1.73. The minimum absolute atomic E-state index is 0.159. The molecule has 176 valence electrons. The van der Waals surface area contributed by atoms with E-state index in [4.69, 9.17) is 13.9 Å². The third kappa shape index (κ3) is 6.70. The van der Waals surface area contributed by atoms with Gasteiger partial charge in [-0.1, -0.05) is 26.3 Å². The topological polar surface area (TPSA) is 61.6 Å². The number of pyridine rings is 1. The van der Waals surface area contributed by atoms with Crippen LogP contribution in [0.2, 0.25) is 0 Å². The van der Waals surface area contributed by atoms with Gasteiger partial charge in [-0.3, -0.25) is 4.98 Å². The van der Waals surface area contributed by atoms with Crippen LogP contribution >= 0.6 is 0 Å². The second-order valence-corrected chi connectivity index (χ2v) is 9.36. The number of esters is 1. The molecule has 0 aliphatic carbocycles. The summed E-state index contributed by atoms with van der Waals surface area (Å²) in [7, 11) is 0. The number of ether oxygens (including phenoxy) is 2. The maximum atomic E-state index is 11.9. The highest BCUT2D eigenvalue weighted by Gasteiger charge is 2.27. The van der Waals surface area contributed by atoms with Crippen molar-refractivity contribution in [2.75, 3.05) is 0 Å². The summed E-state index contributed by atoms with van der Waals surface area (Å²) in [6.07, 6.45) is 8.69. The van der Waals surface area contributed by atoms with Crippen molar-refractivity contribution >= 4 is 16.9 Å². The van der Waals surface area contributed by atoms with Crippen LogP contribution in [0.25, 0.3) is 22.3 Å². The predicted octanol–water partition coefficient (Wildman–Crippen LogP) is 7.28. The molecule has 3 aromatic rings. The molecule has 0 saturated carbocycles. The maximum absolute atomic E-state index is 11.9. The third-order valence-corrected chi connectivity index (χ3v) is 5.55. The van der Waals surface area contributed by atoms with E-state index >= 15 is 0 Å². The van der Waals surface area contributed by atoms with Crippen LogP contribution < -0.4 is 4.74 Å². The number of fused-ring (bicyclic) bond motifs is 1. The first-order valence-corrected chi connectivity index (χ1v) is 11.7. The smallest absolute Gasteiger partial charge is 0.333 e. The molecule has 1 aromatic carbocycles. The monoisotopic (exact) mass is 449 g/mol. The van der Waals surface area contributed by atoms with Gasteiger partial charge in [0.15, 0.2) is 0 Å². The average molecular weight is 450 g/mol. The Morgan fingerprint density at radius 1 is 1.21 bits per heavy atom. The summed E-state index contributed by atoms with van der Waals surface area (Å²) in [5.74, 6) is 1.15. The van der Waals surface area contributed by atoms with Crippen molar-refractivity contribution in [3.8, 4) is 17.1 Å². The quantitative estimate of drug-likeness (QED) is 0.175. The zero-order chi connectivity index (χ0) is 24.0. The fourth-order valence-electron chi connectivity index (χ4n) is 3.99. The molecular weight excluding hydrogens is 414 g/mol. The van der Waals surface area contributed by atoms with Gasteiger partial charge in [0, 0.05) is 41.4 Å². The Hall–Kier alpha value is -3.08. The lowest BCUT2D eigenvalue weighted by Crippen LogP contribution is -2.33. The molecule has 0 N–H and O–H groups in total. The number of aromatic nitrogens is 1. The fourth-order valence-corrected chi connectivity index (χ4v) is 3.99. The number of aryl methyl sites for hydroxylation is 1. The Bertz CT molecular complexity index is 1110. The largest absolute Gasteiger partial charge is 0.490 e. The number of rotatable bonds is 11. The van der Waals surface area contributed by atoms with Gasteiger partial charge >= 0.3 is 5.97 Å². The summed E-state index contributed by atoms with van der Waals surface area (Å²) in [5, 5.41) is 1.02. The van der Waals surface area contributed by atoms with Gasteiger partial charge < -0.3 is 13.9 Å². The van der Waals surface area contributed by atoms with Crippen LogP contribution in [0.3, 0.4) is 0 Å². The minimum atomic E-state index is -0.661. The van der Waals surface area contributed by atoms with Crippen molar-refractivity contribution in [3.05, 3.63) is 60.4 Å². The van der Waals surface area contributed by atoms with Gasteiger partial charge in [0.2, 0.25) is 0 Å². The van der Waals surface area contributed by atoms with Crippen molar-refractivity contribution in [2.45, 2.75) is 78.4 Å². The van der Waals surface area contributed by atoms with Crippen molar-refractivity contribution in [1.82, 2.24) is 4.98 Å². The number of hydrogen-bond acceptors (Lipinski definition) is 5. The van der Waals surface area contributed by atoms with Gasteiger partial charge in [-0.25, -0.2) is 4.79 Å². The summed E-state index contributed by atoms with van der Waals surface area (Å²) < 4.78 is 17.9. The van der Waals surface area contributed by atoms with Crippen LogP contribution in [-0.2, 0) is 16.0 Å². The lowest BCUT2D eigenvalue weighted by Gasteiger charge is -2.28. The van der Waals surface area contributed by atoms with Crippen LogP contribution in [0.1, 0.15) is 65.9 Å². The van der Waals surface area contributed by atoms with Crippen LogP contribution in [0, 0.1) is 0 Å². The first-order chi connectivity index (χ1) is 15.7. The van der Waals surface area contributed by atoms with Crippen LogP contribution in [0.15, 0.2) is 59.3 Å². The zero-order valence-electron chi connectivity index (χ0n) is 20.4. The molecular formula is C28H35NO4. The molecule has 2 heterocycles. The standard InChI is InChI=1S/C28H35NO4/c1-7-8-9-10-21-13-14-29-18-24(21)26-15-22-11-12-23(16-25(22)32-26)31-20(4)17-28(5,6)33-27(30)19(2)3/h11-16,18,20H,2,7-10,17H2,1,3-6H3. The minimum Gasteiger partial charge on any atom is -0.490 e. The molecule has 0 radical (unpaired) electrons. The van der Waals surface area contributed by atoms with Gasteiger partial charge in [0.05, 0.1) is 6.10 Å². The van der Waals surface area contributed by atoms with E-state index in [-0.39, 0.29) is 12.1 Å². The van der Waals surface area contributed by atoms with Crippen LogP contribution in [-0.4, -0.2) is 22.7 Å². The Morgan fingerprint density at radius 3 is 2.73 bits per heavy atom. The SMILES string of the molecule is C=C(C)C(=O)OC(C)(C)CC(C)Oc1ccc2cc(-c3cnccc3CCCCC)oc2c1. The highest BCUT2D eigenvalue weighted by atomic mass is 16.6. The fraction of sp³-hybridized carbons (Fsp3) is 0.429. The lowest BCUT2D eigenvalue weighted by atomic mass is 10.0. The second kappa shape index (κ2) is 10.7. The number of furan rings is 1. The second-order valence-electron chi connectivity index (χ2n) is 9.36. The highest BCUT2D eigenvalue weighted by Crippen LogP contribution is 2.33. The molecule has 1 atom stereocenters. The number of hydrogen-bond donors (Lipinski definition) is 0. The van der Waals surface area contributed by atoms with E-state index in [1.165, 1.54) is 18.4 Å². The Kier molecular flexibility index (Phi) is 7.96. The zero-order valence-corrected chi connectivity index (χ0v) is 20.4. The summed E-state index contributed by atoms with van der Waals surface area (Å²) in [6.45, 7) is 13.2. The molecule has 0 fully saturated rings. The molecule has 0 amide bonds. The predicted molar refractivity (Wildman–Crippen MR) is 132 cm³/mol. The summed E-state index contributed by atoms with van der Waals surface area (Å²) in [5.41, 5.74) is 2.80. The summed E-state index contributed by atoms with van der Waals surface area (Å²) >= 11 is 0. The van der Waals surface area contributed by atoms with Gasteiger partial charge in [-0.2, -0.15) is 0 Å². The average Bonchev–Trinajstić information content (AvgIpc) is 3.16. The highest BCUT2D eigenvalue weighted by molar-refractivity contribution is 5.87. The lowest BCUT2D eigenvalue weighted by molar-refractivity contribution is -0.153. The Morgan fingerprint density at radius 2 is 2.00 bits per heavy atom. The molecule has 1 unspecified atom stereocenters. The molecule has 0 saturated heterocycles. The van der Waals surface area contributed by atoms with E-state index in [1.54, 1.807) is 6.92 Å². The number of unbranched alkanes of at least 4 members (excludes halogenated alkanes) is 2. The molecule has 5 heteroatoms. The van der Waals surface area contributed by atoms with Gasteiger partial charge in [0.25, 0.3) is 0 Å². The molecule has 2 aromatic heterocycles. The van der Waals surface area contributed by atoms with Gasteiger partial charge in [-0.05, 0) is 70.4 Å². The van der Waals surface area contributed by atoms with E-state index in [9.17, 15) is 4.79 Å². The normalized spacial score (nSPS) is 12.5. The molecule has 33 heavy (non-hydrogen) atoms. The van der Waals surface area contributed by atoms with E-state index in [0.29, 0.717) is 17.7 Å². The van der Waals surface area contributed by atoms with Gasteiger partial charge in [-0.15, -0.1) is 0 Å². The number of benzene rings is 1. The molecule has 0 aliphatic rings. The van der Waals surface area contributed by atoms with Crippen LogP contribution in [0.5, 0.6) is 5.75 Å². The van der Waals surface area contributed by atoms with Gasteiger partial charge in [0.1, 0.15) is 22.7 Å². The first kappa shape index (κ1) is 24.6. The van der Waals surface area contributed by atoms with E-state index in [1.807, 2.05) is 51.4 Å². The molecule has 3 rings (SSSR count). The summed E-state index contributed by atoms with van der Waals surface area (Å²) in [4.78, 5) is 16.2. The van der Waals surface area contributed by atoms with E-state index in [0.717, 1.165) is 35.1 Å². The van der Waals surface area contributed by atoms with Crippen molar-refractivity contribution in [1.29, 1.82) is 0 Å². The molecule has 5 nitrogen and oxygen atoms in total. The third-order valence-electron chi connectivity index (χ3n) is 5.55. The van der Waals surface area contributed by atoms with Crippen LogP contribution in [0.4, 0.5) is 0 Å². The van der Waals surface area contributed by atoms with Crippen molar-refractivity contribution in [3.63, 3.8) is 0 Å². The summed E-state index contributed by atoms with van der Waals surface area (Å²) in [6, 6.07) is 10.00. The van der Waals surface area contributed by atoms with E-state index < -0.39 is 5.60 Å². The number of carbonyl (C=O) groups is 1. The maximum Gasteiger partial charge on any atom is 0.333 e.